The Bertz CT molecular complexity index is 791. The molecule has 2 heterocycles. The minimum absolute atomic E-state index is 0.266. The van der Waals surface area contributed by atoms with Crippen LogP contribution in [-0.4, -0.2) is 25.9 Å². The molecule has 0 saturated carbocycles. The predicted octanol–water partition coefficient (Wildman–Crippen LogP) is 4.37. The predicted molar refractivity (Wildman–Crippen MR) is 93.2 cm³/mol. The highest BCUT2D eigenvalue weighted by Crippen LogP contribution is 2.47. The fourth-order valence-electron chi connectivity index (χ4n) is 2.78. The molecule has 5 nitrogen and oxygen atoms in total. The number of benzene rings is 1. The Balaban J connectivity index is 2.12. The maximum Gasteiger partial charge on any atom is 0.335 e. The first kappa shape index (κ1) is 15.8. The van der Waals surface area contributed by atoms with Crippen molar-refractivity contribution in [3.63, 3.8) is 0 Å². The van der Waals surface area contributed by atoms with Crippen LogP contribution in [-0.2, 0) is 0 Å². The van der Waals surface area contributed by atoms with Gasteiger partial charge in [0.15, 0.2) is 5.82 Å². The van der Waals surface area contributed by atoms with E-state index in [4.69, 9.17) is 10.1 Å². The molecule has 3 rings (SSSR count). The highest BCUT2D eigenvalue weighted by atomic mass is 32.2. The number of carboxylic acid groups (broad SMARTS) is 1. The Morgan fingerprint density at radius 1 is 1.26 bits per heavy atom. The maximum atomic E-state index is 11.0. The molecule has 0 bridgehead atoms. The molecule has 0 aliphatic carbocycles. The smallest absolute Gasteiger partial charge is 0.335 e. The van der Waals surface area contributed by atoms with Crippen LogP contribution in [0.4, 0.5) is 5.82 Å². The summed E-state index contributed by atoms with van der Waals surface area (Å²) < 4.78 is 1.81. The fourth-order valence-corrected chi connectivity index (χ4v) is 3.95. The molecule has 1 aliphatic heterocycles. The summed E-state index contributed by atoms with van der Waals surface area (Å²) in [6.07, 6.45) is 0. The molecule has 0 saturated heterocycles. The number of carboxylic acids is 1. The van der Waals surface area contributed by atoms with Gasteiger partial charge in [-0.25, -0.2) is 14.5 Å². The molecule has 1 unspecified atom stereocenters. The molecular formula is C17H19N3O2S. The van der Waals surface area contributed by atoms with Gasteiger partial charge in [-0.3, -0.25) is 0 Å². The van der Waals surface area contributed by atoms with Gasteiger partial charge in [-0.2, -0.15) is 5.10 Å². The van der Waals surface area contributed by atoms with E-state index >= 15 is 0 Å². The highest BCUT2D eigenvalue weighted by Gasteiger charge is 2.30. The van der Waals surface area contributed by atoms with E-state index < -0.39 is 5.97 Å². The lowest BCUT2D eigenvalue weighted by molar-refractivity contribution is 0.0697. The Kier molecular flexibility index (Phi) is 4.02. The van der Waals surface area contributed by atoms with Crippen LogP contribution in [0.2, 0.25) is 0 Å². The molecule has 1 aromatic carbocycles. The largest absolute Gasteiger partial charge is 0.478 e. The molecule has 1 N–H and O–H groups in total. The van der Waals surface area contributed by atoms with Gasteiger partial charge in [0.05, 0.1) is 22.0 Å². The second kappa shape index (κ2) is 5.85. The van der Waals surface area contributed by atoms with Gasteiger partial charge in [0.25, 0.3) is 0 Å². The number of aliphatic imine (C=N–C) groups is 1. The van der Waals surface area contributed by atoms with Crippen molar-refractivity contribution in [2.24, 2.45) is 10.9 Å². The van der Waals surface area contributed by atoms with Crippen molar-refractivity contribution in [1.82, 2.24) is 9.78 Å². The van der Waals surface area contributed by atoms with Crippen LogP contribution in [0.3, 0.4) is 0 Å². The summed E-state index contributed by atoms with van der Waals surface area (Å²) in [6.45, 7) is 8.44. The topological polar surface area (TPSA) is 67.5 Å². The number of thioether (sulfide) groups is 1. The Morgan fingerprint density at radius 2 is 1.91 bits per heavy atom. The zero-order valence-electron chi connectivity index (χ0n) is 13.6. The maximum absolute atomic E-state index is 11.0. The van der Waals surface area contributed by atoms with Crippen molar-refractivity contribution >= 4 is 28.6 Å². The SMILES string of the molecule is CC1=Nc2c(c(C)nn2-c2ccc(C(=O)O)cc2)C(C(C)C)S1. The number of aromatic nitrogens is 2. The molecular weight excluding hydrogens is 310 g/mol. The van der Waals surface area contributed by atoms with Gasteiger partial charge < -0.3 is 5.11 Å². The lowest BCUT2D eigenvalue weighted by Crippen LogP contribution is -2.10. The molecule has 1 aliphatic rings. The van der Waals surface area contributed by atoms with E-state index in [0.29, 0.717) is 11.2 Å². The first-order chi connectivity index (χ1) is 10.9. The molecule has 6 heteroatoms. The van der Waals surface area contributed by atoms with Crippen LogP contribution in [0, 0.1) is 12.8 Å². The van der Waals surface area contributed by atoms with E-state index in [2.05, 4.69) is 18.9 Å². The average Bonchev–Trinajstić information content (AvgIpc) is 2.83. The molecule has 1 aromatic heterocycles. The van der Waals surface area contributed by atoms with E-state index in [0.717, 1.165) is 22.2 Å². The van der Waals surface area contributed by atoms with E-state index in [9.17, 15) is 4.79 Å². The normalized spacial score (nSPS) is 17.1. The first-order valence-corrected chi connectivity index (χ1v) is 8.41. The van der Waals surface area contributed by atoms with Gasteiger partial charge in [-0.15, -0.1) is 11.8 Å². The fraction of sp³-hybridized carbons (Fsp3) is 0.353. The summed E-state index contributed by atoms with van der Waals surface area (Å²) in [5.41, 5.74) is 3.25. The van der Waals surface area contributed by atoms with Crippen LogP contribution in [0.15, 0.2) is 29.3 Å². The van der Waals surface area contributed by atoms with Crippen molar-refractivity contribution in [1.29, 1.82) is 0 Å². The Morgan fingerprint density at radius 3 is 2.48 bits per heavy atom. The number of fused-ring (bicyclic) bond motifs is 1. The van der Waals surface area contributed by atoms with Gasteiger partial charge in [-0.1, -0.05) is 13.8 Å². The summed E-state index contributed by atoms with van der Waals surface area (Å²) in [5, 5.41) is 15.0. The number of hydrogen-bond acceptors (Lipinski definition) is 4. The van der Waals surface area contributed by atoms with Gasteiger partial charge in [-0.05, 0) is 44.0 Å². The lowest BCUT2D eigenvalue weighted by Gasteiger charge is -2.24. The molecule has 0 radical (unpaired) electrons. The summed E-state index contributed by atoms with van der Waals surface area (Å²) in [7, 11) is 0. The van der Waals surface area contributed by atoms with Gasteiger partial charge >= 0.3 is 5.97 Å². The summed E-state index contributed by atoms with van der Waals surface area (Å²) in [6, 6.07) is 6.73. The third kappa shape index (κ3) is 2.79. The zero-order valence-corrected chi connectivity index (χ0v) is 14.4. The second-order valence-electron chi connectivity index (χ2n) is 6.00. The third-order valence-electron chi connectivity index (χ3n) is 3.89. The van der Waals surface area contributed by atoms with Crippen LogP contribution < -0.4 is 0 Å². The zero-order chi connectivity index (χ0) is 16.7. The molecule has 23 heavy (non-hydrogen) atoms. The number of carbonyl (C=O) groups is 1. The summed E-state index contributed by atoms with van der Waals surface area (Å²) in [4.78, 5) is 15.7. The quantitative estimate of drug-likeness (QED) is 0.908. The van der Waals surface area contributed by atoms with E-state index in [1.165, 1.54) is 5.56 Å². The van der Waals surface area contributed by atoms with Gasteiger partial charge in [0.2, 0.25) is 0 Å². The van der Waals surface area contributed by atoms with Gasteiger partial charge in [0, 0.05) is 10.8 Å². The van der Waals surface area contributed by atoms with Crippen LogP contribution in [0.5, 0.6) is 0 Å². The summed E-state index contributed by atoms with van der Waals surface area (Å²) in [5.74, 6) is 0.413. The third-order valence-corrected chi connectivity index (χ3v) is 5.36. The van der Waals surface area contributed by atoms with Crippen LogP contribution in [0.25, 0.3) is 5.69 Å². The van der Waals surface area contributed by atoms with Crippen molar-refractivity contribution in [3.05, 3.63) is 41.1 Å². The number of nitrogens with zero attached hydrogens (tertiary/aromatic N) is 3. The summed E-state index contributed by atoms with van der Waals surface area (Å²) >= 11 is 1.79. The number of aryl methyl sites for hydroxylation is 1. The van der Waals surface area contributed by atoms with Crippen LogP contribution >= 0.6 is 11.8 Å². The first-order valence-electron chi connectivity index (χ1n) is 7.53. The van der Waals surface area contributed by atoms with E-state index in [-0.39, 0.29) is 5.56 Å². The van der Waals surface area contributed by atoms with Crippen molar-refractivity contribution < 1.29 is 9.90 Å². The van der Waals surface area contributed by atoms with E-state index in [1.54, 1.807) is 36.0 Å². The number of rotatable bonds is 3. The Hall–Kier alpha value is -2.08. The minimum Gasteiger partial charge on any atom is -0.478 e. The average molecular weight is 329 g/mol. The second-order valence-corrected chi connectivity index (χ2v) is 7.33. The molecule has 1 atom stereocenters. The monoisotopic (exact) mass is 329 g/mol. The highest BCUT2D eigenvalue weighted by molar-refractivity contribution is 8.14. The molecule has 0 amide bonds. The molecule has 2 aromatic rings. The minimum atomic E-state index is -0.930. The number of aromatic carboxylic acids is 1. The van der Waals surface area contributed by atoms with Crippen molar-refractivity contribution in [2.45, 2.75) is 32.9 Å². The van der Waals surface area contributed by atoms with Crippen molar-refractivity contribution in [2.75, 3.05) is 0 Å². The Labute approximate surface area is 139 Å². The number of hydrogen-bond donors (Lipinski definition) is 1. The lowest BCUT2D eigenvalue weighted by atomic mass is 10.0. The molecule has 0 spiro atoms. The van der Waals surface area contributed by atoms with Crippen molar-refractivity contribution in [3.8, 4) is 5.69 Å². The molecule has 120 valence electrons. The van der Waals surface area contributed by atoms with E-state index in [1.807, 2.05) is 18.5 Å². The van der Waals surface area contributed by atoms with Gasteiger partial charge in [0.1, 0.15) is 0 Å². The van der Waals surface area contributed by atoms with Crippen LogP contribution in [0.1, 0.15) is 47.6 Å². The molecule has 0 fully saturated rings. The standard InChI is InChI=1S/C17H19N3O2S/c1-9(2)15-14-10(3)19-20(16(14)18-11(4)23-15)13-7-5-12(6-8-13)17(21)22/h5-9,15H,1-4H3,(H,21,22).